The largest absolute Gasteiger partial charge is 0.491 e. The molecule has 1 N–H and O–H groups in total. The highest BCUT2D eigenvalue weighted by Gasteiger charge is 2.37. The summed E-state index contributed by atoms with van der Waals surface area (Å²) in [4.78, 5) is 18.2. The molecule has 2 heterocycles. The molecule has 1 aromatic heterocycles. The van der Waals surface area contributed by atoms with Crippen LogP contribution in [0.2, 0.25) is 0 Å². The summed E-state index contributed by atoms with van der Waals surface area (Å²) in [6.45, 7) is -0.817. The van der Waals surface area contributed by atoms with Crippen LogP contribution in [-0.4, -0.2) is 53.9 Å². The monoisotopic (exact) mass is 570 g/mol. The molecule has 0 atom stereocenters. The second-order valence-electron chi connectivity index (χ2n) is 8.78. The summed E-state index contributed by atoms with van der Waals surface area (Å²) in [5.41, 5.74) is -1.71. The highest BCUT2D eigenvalue weighted by atomic mass is 19.4. The summed E-state index contributed by atoms with van der Waals surface area (Å²) < 4.78 is 96.9. The molecule has 1 aliphatic heterocycles. The first kappa shape index (κ1) is 29.2. The van der Waals surface area contributed by atoms with Crippen molar-refractivity contribution in [1.29, 1.82) is 0 Å². The minimum atomic E-state index is -5.02. The van der Waals surface area contributed by atoms with Crippen LogP contribution in [0.15, 0.2) is 54.7 Å². The lowest BCUT2D eigenvalue weighted by atomic mass is 9.99. The molecule has 3 aromatic rings. The zero-order valence-corrected chi connectivity index (χ0v) is 20.9. The Labute approximate surface area is 224 Å². The lowest BCUT2D eigenvalue weighted by Crippen LogP contribution is -2.32. The van der Waals surface area contributed by atoms with Crippen molar-refractivity contribution in [2.75, 3.05) is 33.0 Å². The minimum absolute atomic E-state index is 0.0416. The summed E-state index contributed by atoms with van der Waals surface area (Å²) in [5, 5.41) is 8.83. The maximum atomic E-state index is 13.4. The first-order valence-corrected chi connectivity index (χ1v) is 12.0. The number of para-hydroxylation sites is 1. The number of rotatable bonds is 9. The van der Waals surface area contributed by atoms with Crippen molar-refractivity contribution in [3.63, 3.8) is 0 Å². The zero-order chi connectivity index (χ0) is 28.9. The number of hydrogen-bond donors (Lipinski definition) is 1. The van der Waals surface area contributed by atoms with Gasteiger partial charge in [0.15, 0.2) is 6.61 Å². The Morgan fingerprint density at radius 2 is 1.62 bits per heavy atom. The normalized spacial score (nSPS) is 14.0. The van der Waals surface area contributed by atoms with Gasteiger partial charge in [-0.1, -0.05) is 18.2 Å². The van der Waals surface area contributed by atoms with Gasteiger partial charge >= 0.3 is 12.4 Å². The van der Waals surface area contributed by atoms with E-state index < -0.39 is 42.5 Å². The molecular formula is C27H24F6N2O5. The van der Waals surface area contributed by atoms with Crippen molar-refractivity contribution in [3.05, 3.63) is 77.0 Å². The molecule has 0 radical (unpaired) electrons. The van der Waals surface area contributed by atoms with Crippen molar-refractivity contribution in [1.82, 2.24) is 9.88 Å². The average Bonchev–Trinajstić information content (AvgIpc) is 3.06. The highest BCUT2D eigenvalue weighted by molar-refractivity contribution is 5.80. The zero-order valence-electron chi connectivity index (χ0n) is 20.9. The Bertz CT molecular complexity index is 1310. The molecule has 0 saturated carbocycles. The summed E-state index contributed by atoms with van der Waals surface area (Å²) >= 11 is 0. The van der Waals surface area contributed by atoms with Crippen molar-refractivity contribution >= 4 is 5.91 Å². The van der Waals surface area contributed by atoms with E-state index in [0.717, 1.165) is 4.90 Å². The van der Waals surface area contributed by atoms with E-state index in [9.17, 15) is 31.1 Å². The molecule has 0 fully saturated rings. The first-order chi connectivity index (χ1) is 19.0. The number of benzene rings is 2. The van der Waals surface area contributed by atoms with Gasteiger partial charge in [0.2, 0.25) is 5.88 Å². The van der Waals surface area contributed by atoms with E-state index >= 15 is 0 Å². The summed E-state index contributed by atoms with van der Waals surface area (Å²) in [6, 6.07) is 9.83. The number of pyridine rings is 1. The Kier molecular flexibility index (Phi) is 8.84. The van der Waals surface area contributed by atoms with Crippen molar-refractivity contribution in [2.45, 2.75) is 25.4 Å². The van der Waals surface area contributed by atoms with Crippen LogP contribution >= 0.6 is 0 Å². The van der Waals surface area contributed by atoms with E-state index in [1.54, 1.807) is 30.3 Å². The van der Waals surface area contributed by atoms with E-state index in [0.29, 0.717) is 34.6 Å². The van der Waals surface area contributed by atoms with E-state index in [4.69, 9.17) is 19.3 Å². The molecule has 0 saturated heterocycles. The van der Waals surface area contributed by atoms with Crippen LogP contribution in [0.1, 0.15) is 22.3 Å². The number of carbonyl (C=O) groups is 1. The van der Waals surface area contributed by atoms with Crippen LogP contribution in [0.25, 0.3) is 11.1 Å². The molecule has 40 heavy (non-hydrogen) atoms. The molecule has 1 amide bonds. The quantitative estimate of drug-likeness (QED) is 0.285. The van der Waals surface area contributed by atoms with E-state index in [2.05, 4.69) is 4.98 Å². The van der Waals surface area contributed by atoms with Gasteiger partial charge in [-0.2, -0.15) is 26.3 Å². The fourth-order valence-corrected chi connectivity index (χ4v) is 4.17. The fraction of sp³-hybridized carbons (Fsp3) is 0.333. The minimum Gasteiger partial charge on any atom is -0.491 e. The highest BCUT2D eigenvalue weighted by Crippen LogP contribution is 2.39. The number of hydrogen-bond acceptors (Lipinski definition) is 6. The Hall–Kier alpha value is -3.84. The third-order valence-electron chi connectivity index (χ3n) is 5.97. The van der Waals surface area contributed by atoms with Crippen LogP contribution in [-0.2, 0) is 35.0 Å². The van der Waals surface area contributed by atoms with Crippen molar-refractivity contribution in [3.8, 4) is 22.8 Å². The lowest BCUT2D eigenvalue weighted by Gasteiger charge is -2.23. The molecule has 7 nitrogen and oxygen atoms in total. The van der Waals surface area contributed by atoms with E-state index in [1.807, 2.05) is 0 Å². The molecule has 214 valence electrons. The second kappa shape index (κ2) is 12.1. The number of amides is 1. The predicted octanol–water partition coefficient (Wildman–Crippen LogP) is 5.10. The summed E-state index contributed by atoms with van der Waals surface area (Å²) in [5.74, 6) is -0.0757. The number of aliphatic hydroxyl groups is 1. The number of nitrogens with zero attached hydrogens (tertiary/aromatic N) is 2. The van der Waals surface area contributed by atoms with E-state index in [1.165, 1.54) is 6.20 Å². The molecule has 13 heteroatoms. The van der Waals surface area contributed by atoms with Crippen molar-refractivity contribution < 1.29 is 50.5 Å². The van der Waals surface area contributed by atoms with Gasteiger partial charge in [0, 0.05) is 23.9 Å². The maximum Gasteiger partial charge on any atom is 0.416 e. The number of halogens is 6. The van der Waals surface area contributed by atoms with Crippen LogP contribution in [0.5, 0.6) is 11.6 Å². The van der Waals surface area contributed by atoms with Gasteiger partial charge < -0.3 is 24.2 Å². The smallest absolute Gasteiger partial charge is 0.416 e. The second-order valence-corrected chi connectivity index (χ2v) is 8.78. The number of ether oxygens (including phenoxy) is 3. The van der Waals surface area contributed by atoms with Crippen LogP contribution in [0.4, 0.5) is 26.3 Å². The Morgan fingerprint density at radius 3 is 2.30 bits per heavy atom. The van der Waals surface area contributed by atoms with Crippen molar-refractivity contribution in [2.24, 2.45) is 0 Å². The number of fused-ring (bicyclic) bond motifs is 1. The maximum absolute atomic E-state index is 13.4. The molecular weight excluding hydrogens is 546 g/mol. The van der Waals surface area contributed by atoms with Gasteiger partial charge in [-0.05, 0) is 41.5 Å². The van der Waals surface area contributed by atoms with Gasteiger partial charge in [0.05, 0.1) is 37.5 Å². The topological polar surface area (TPSA) is 81.1 Å². The predicted molar refractivity (Wildman–Crippen MR) is 129 cm³/mol. The molecule has 0 aliphatic carbocycles. The SMILES string of the molecule is O=C1COc2nccc(-c3ccccc3OCCOCCO)c2CN1Cc1cc(C(F)(F)F)cc(C(F)(F)F)c1. The lowest BCUT2D eigenvalue weighted by molar-refractivity contribution is -0.143. The van der Waals surface area contributed by atoms with Crippen LogP contribution < -0.4 is 9.47 Å². The van der Waals surface area contributed by atoms with Gasteiger partial charge in [0.1, 0.15) is 12.4 Å². The van der Waals surface area contributed by atoms with Crippen LogP contribution in [0, 0.1) is 0 Å². The molecule has 0 bridgehead atoms. The first-order valence-electron chi connectivity index (χ1n) is 12.0. The summed E-state index contributed by atoms with van der Waals surface area (Å²) in [6.07, 6.45) is -8.57. The van der Waals surface area contributed by atoms with Gasteiger partial charge in [-0.15, -0.1) is 0 Å². The molecule has 4 rings (SSSR count). The van der Waals surface area contributed by atoms with Gasteiger partial charge in [-0.3, -0.25) is 4.79 Å². The number of carbonyl (C=O) groups excluding carboxylic acids is 1. The third-order valence-corrected chi connectivity index (χ3v) is 5.97. The van der Waals surface area contributed by atoms with Gasteiger partial charge in [0.25, 0.3) is 5.91 Å². The summed E-state index contributed by atoms with van der Waals surface area (Å²) in [7, 11) is 0. The number of alkyl halides is 6. The molecule has 2 aromatic carbocycles. The number of aliphatic hydroxyl groups excluding tert-OH is 1. The molecule has 1 aliphatic rings. The Morgan fingerprint density at radius 1 is 0.925 bits per heavy atom. The Balaban J connectivity index is 1.66. The third kappa shape index (κ3) is 7.02. The molecule has 0 spiro atoms. The molecule has 0 unspecified atom stereocenters. The number of aromatic nitrogens is 1. The standard InChI is InChI=1S/C27H24F6N2O5/c28-26(29,30)18-11-17(12-19(13-18)27(31,32)33)14-35-15-22-20(5-6-34-25(22)40-16-24(35)37)21-3-1-2-4-23(21)39-10-9-38-8-7-36/h1-6,11-13,36H,7-10,14-16H2. The van der Waals surface area contributed by atoms with Crippen LogP contribution in [0.3, 0.4) is 0 Å². The fourth-order valence-electron chi connectivity index (χ4n) is 4.17. The van der Waals surface area contributed by atoms with E-state index in [-0.39, 0.29) is 50.5 Å². The average molecular weight is 570 g/mol. The van der Waals surface area contributed by atoms with Gasteiger partial charge in [-0.25, -0.2) is 4.98 Å².